The van der Waals surface area contributed by atoms with E-state index >= 15 is 0 Å². The number of aromatic nitrogens is 1. The van der Waals surface area contributed by atoms with Crippen LogP contribution in [0.3, 0.4) is 0 Å². The molecule has 3 N–H and O–H groups in total. The summed E-state index contributed by atoms with van der Waals surface area (Å²) in [7, 11) is 0. The molecule has 0 aliphatic rings. The van der Waals surface area contributed by atoms with Gasteiger partial charge in [0, 0.05) is 11.1 Å². The first-order chi connectivity index (χ1) is 8.65. The van der Waals surface area contributed by atoms with E-state index in [1.54, 1.807) is 30.5 Å². The summed E-state index contributed by atoms with van der Waals surface area (Å²) in [5, 5.41) is 3.23. The average Bonchev–Trinajstić information content (AvgIpc) is 2.74. The van der Waals surface area contributed by atoms with Crippen LogP contribution in [0.1, 0.15) is 4.88 Å². The van der Waals surface area contributed by atoms with Gasteiger partial charge < -0.3 is 10.5 Å². The molecule has 94 valence electrons. The summed E-state index contributed by atoms with van der Waals surface area (Å²) in [5.41, 5.74) is 6.21. The number of hydrogen-bond acceptors (Lipinski definition) is 5. The minimum atomic E-state index is -0.257. The van der Waals surface area contributed by atoms with Crippen LogP contribution in [0.2, 0.25) is 0 Å². The number of rotatable bonds is 4. The van der Waals surface area contributed by atoms with Gasteiger partial charge in [-0.1, -0.05) is 12.1 Å². The smallest absolute Gasteiger partial charge is 0.264 e. The van der Waals surface area contributed by atoms with Gasteiger partial charge in [0.15, 0.2) is 11.7 Å². The van der Waals surface area contributed by atoms with Crippen molar-refractivity contribution in [2.45, 2.75) is 6.92 Å². The molecule has 0 fully saturated rings. The topological polar surface area (TPSA) is 77.2 Å². The van der Waals surface area contributed by atoms with Crippen LogP contribution >= 0.6 is 11.3 Å². The summed E-state index contributed by atoms with van der Waals surface area (Å²) < 4.78 is 5.32. The number of amides is 1. The van der Waals surface area contributed by atoms with Crippen molar-refractivity contribution < 1.29 is 9.53 Å². The molecule has 18 heavy (non-hydrogen) atoms. The molecule has 0 radical (unpaired) electrons. The number of aryl methyl sites for hydroxylation is 1. The van der Waals surface area contributed by atoms with Gasteiger partial charge in [0.2, 0.25) is 0 Å². The Kier molecular flexibility index (Phi) is 3.78. The zero-order valence-corrected chi connectivity index (χ0v) is 10.7. The molecule has 1 aromatic heterocycles. The third kappa shape index (κ3) is 3.21. The van der Waals surface area contributed by atoms with Crippen molar-refractivity contribution >= 4 is 28.1 Å². The summed E-state index contributed by atoms with van der Waals surface area (Å²) in [4.78, 5) is 16.7. The molecule has 0 saturated heterocycles. The van der Waals surface area contributed by atoms with E-state index in [4.69, 9.17) is 10.5 Å². The Labute approximate surface area is 109 Å². The number of carbonyl (C=O) groups is 1. The largest absolute Gasteiger partial charge is 0.482 e. The third-order valence-electron chi connectivity index (χ3n) is 2.15. The Bertz CT molecular complexity index is 554. The van der Waals surface area contributed by atoms with Gasteiger partial charge in [0.05, 0.1) is 5.69 Å². The second-order valence-electron chi connectivity index (χ2n) is 3.65. The third-order valence-corrected chi connectivity index (χ3v) is 2.97. The van der Waals surface area contributed by atoms with Gasteiger partial charge in [-0.05, 0) is 19.1 Å². The quantitative estimate of drug-likeness (QED) is 0.828. The molecule has 2 rings (SSSR count). The highest BCUT2D eigenvalue weighted by molar-refractivity contribution is 7.15. The predicted molar refractivity (Wildman–Crippen MR) is 71.8 cm³/mol. The van der Waals surface area contributed by atoms with E-state index in [9.17, 15) is 4.79 Å². The Morgan fingerprint density at radius 1 is 1.50 bits per heavy atom. The molecule has 1 amide bonds. The molecule has 6 heteroatoms. The lowest BCUT2D eigenvalue weighted by molar-refractivity contribution is -0.118. The van der Waals surface area contributed by atoms with E-state index in [0.717, 1.165) is 4.88 Å². The second-order valence-corrected chi connectivity index (χ2v) is 4.89. The minimum Gasteiger partial charge on any atom is -0.482 e. The Morgan fingerprint density at radius 2 is 2.28 bits per heavy atom. The highest BCUT2D eigenvalue weighted by atomic mass is 32.1. The Hall–Kier alpha value is -2.08. The summed E-state index contributed by atoms with van der Waals surface area (Å²) in [5.74, 6) is 0.246. The van der Waals surface area contributed by atoms with Gasteiger partial charge in [-0.25, -0.2) is 4.98 Å². The molecule has 5 nitrogen and oxygen atoms in total. The number of hydrogen-bond donors (Lipinski definition) is 2. The van der Waals surface area contributed by atoms with E-state index in [0.29, 0.717) is 16.6 Å². The number of benzene rings is 1. The van der Waals surface area contributed by atoms with Gasteiger partial charge in [0.25, 0.3) is 5.91 Å². The molecule has 0 aliphatic carbocycles. The highest BCUT2D eigenvalue weighted by Gasteiger charge is 2.07. The molecule has 1 aromatic carbocycles. The summed E-state index contributed by atoms with van der Waals surface area (Å²) in [6, 6.07) is 7.04. The van der Waals surface area contributed by atoms with Crippen molar-refractivity contribution in [2.24, 2.45) is 0 Å². The lowest BCUT2D eigenvalue weighted by Gasteiger charge is -2.07. The van der Waals surface area contributed by atoms with E-state index in [1.807, 2.05) is 6.92 Å². The van der Waals surface area contributed by atoms with Crippen molar-refractivity contribution in [1.82, 2.24) is 4.98 Å². The zero-order chi connectivity index (χ0) is 13.0. The summed E-state index contributed by atoms with van der Waals surface area (Å²) in [6.07, 6.45) is 1.70. The molecule has 0 unspecified atom stereocenters. The molecule has 0 saturated carbocycles. The van der Waals surface area contributed by atoms with Crippen molar-refractivity contribution in [3.05, 3.63) is 35.3 Å². The Morgan fingerprint density at radius 3 is 2.94 bits per heavy atom. The molecule has 0 atom stereocenters. The molecule has 1 heterocycles. The molecular formula is C12H13N3O2S. The highest BCUT2D eigenvalue weighted by Crippen LogP contribution is 2.20. The average molecular weight is 263 g/mol. The van der Waals surface area contributed by atoms with Crippen molar-refractivity contribution in [1.29, 1.82) is 0 Å². The van der Waals surface area contributed by atoms with Crippen molar-refractivity contribution in [2.75, 3.05) is 17.7 Å². The second kappa shape index (κ2) is 5.50. The normalized spacial score (nSPS) is 10.1. The van der Waals surface area contributed by atoms with Crippen LogP contribution in [0.25, 0.3) is 0 Å². The maximum absolute atomic E-state index is 11.6. The monoisotopic (exact) mass is 263 g/mol. The van der Waals surface area contributed by atoms with Gasteiger partial charge >= 0.3 is 0 Å². The lowest BCUT2D eigenvalue weighted by Crippen LogP contribution is -2.20. The minimum absolute atomic E-state index is 0.0904. The van der Waals surface area contributed by atoms with Crippen LogP contribution < -0.4 is 15.8 Å². The first-order valence-corrected chi connectivity index (χ1v) is 6.16. The van der Waals surface area contributed by atoms with Crippen LogP contribution in [-0.2, 0) is 4.79 Å². The number of anilines is 2. The van der Waals surface area contributed by atoms with Gasteiger partial charge in [0.1, 0.15) is 5.75 Å². The standard InChI is InChI=1S/C12H13N3O2S/c1-8-6-14-12(18-8)15-11(16)7-17-10-5-3-2-4-9(10)13/h2-6H,7,13H2,1H3,(H,14,15,16). The van der Waals surface area contributed by atoms with E-state index in [2.05, 4.69) is 10.3 Å². The van der Waals surface area contributed by atoms with Crippen molar-refractivity contribution in [3.8, 4) is 5.75 Å². The molecule has 2 aromatic rings. The van der Waals surface area contributed by atoms with Gasteiger partial charge in [-0.2, -0.15) is 0 Å². The number of nitrogens with zero attached hydrogens (tertiary/aromatic N) is 1. The fourth-order valence-corrected chi connectivity index (χ4v) is 2.00. The van der Waals surface area contributed by atoms with Gasteiger partial charge in [-0.15, -0.1) is 11.3 Å². The first-order valence-electron chi connectivity index (χ1n) is 5.35. The molecule has 0 spiro atoms. The van der Waals surface area contributed by atoms with Crippen molar-refractivity contribution in [3.63, 3.8) is 0 Å². The summed E-state index contributed by atoms with van der Waals surface area (Å²) in [6.45, 7) is 1.83. The van der Waals surface area contributed by atoms with Crippen LogP contribution in [0, 0.1) is 6.92 Å². The molecule has 0 bridgehead atoms. The predicted octanol–water partition coefficient (Wildman–Crippen LogP) is 2.05. The van der Waals surface area contributed by atoms with E-state index in [-0.39, 0.29) is 12.5 Å². The van der Waals surface area contributed by atoms with Crippen LogP contribution in [0.15, 0.2) is 30.5 Å². The number of thiazole rings is 1. The molecule has 0 aliphatic heterocycles. The first kappa shape index (κ1) is 12.4. The lowest BCUT2D eigenvalue weighted by atomic mass is 10.3. The zero-order valence-electron chi connectivity index (χ0n) is 9.84. The Balaban J connectivity index is 1.87. The van der Waals surface area contributed by atoms with E-state index < -0.39 is 0 Å². The number of nitrogens with two attached hydrogens (primary N) is 1. The summed E-state index contributed by atoms with van der Waals surface area (Å²) >= 11 is 1.42. The fourth-order valence-electron chi connectivity index (χ4n) is 1.32. The SMILES string of the molecule is Cc1cnc(NC(=O)COc2ccccc2N)s1. The maximum Gasteiger partial charge on any atom is 0.264 e. The van der Waals surface area contributed by atoms with Gasteiger partial charge in [-0.3, -0.25) is 10.1 Å². The van der Waals surface area contributed by atoms with Crippen LogP contribution in [0.5, 0.6) is 5.75 Å². The molecular weight excluding hydrogens is 250 g/mol. The number of para-hydroxylation sites is 2. The number of carbonyl (C=O) groups excluding carboxylic acids is 1. The number of nitrogens with one attached hydrogen (secondary N) is 1. The number of ether oxygens (including phenoxy) is 1. The number of nitrogen functional groups attached to an aromatic ring is 1. The van der Waals surface area contributed by atoms with Crippen LogP contribution in [0.4, 0.5) is 10.8 Å². The fraction of sp³-hybridized carbons (Fsp3) is 0.167. The van der Waals surface area contributed by atoms with E-state index in [1.165, 1.54) is 11.3 Å². The van der Waals surface area contributed by atoms with Crippen LogP contribution in [-0.4, -0.2) is 17.5 Å². The maximum atomic E-state index is 11.6.